The number of hydrogen-bond acceptors (Lipinski definition) is 12. The summed E-state index contributed by atoms with van der Waals surface area (Å²) in [6.45, 7) is 19.4. The second-order valence-electron chi connectivity index (χ2n) is 10.5. The number of nitrogens with one attached hydrogen (secondary N) is 1. The van der Waals surface area contributed by atoms with Crippen molar-refractivity contribution < 1.29 is 52.5 Å². The molecule has 0 spiro atoms. The molecule has 1 aromatic heterocycles. The fraction of sp³-hybridized carbons (Fsp3) is 0.655. The van der Waals surface area contributed by atoms with E-state index in [-0.39, 0.29) is 12.4 Å². The normalized spacial score (nSPS) is 20.5. The summed E-state index contributed by atoms with van der Waals surface area (Å²) in [5.41, 5.74) is 2.03. The lowest BCUT2D eigenvalue weighted by Crippen LogP contribution is -2.36. The Labute approximate surface area is 281 Å². The van der Waals surface area contributed by atoms with Crippen molar-refractivity contribution in [2.75, 3.05) is 57.3 Å². The number of rotatable bonds is 16. The molecular weight excluding hydrogens is 675 g/mol. The van der Waals surface area contributed by atoms with Crippen LogP contribution in [-0.2, 0) is 29.8 Å². The average molecular weight is 728 g/mol. The van der Waals surface area contributed by atoms with Gasteiger partial charge in [-0.1, -0.05) is 53.7 Å². The molecule has 1 saturated heterocycles. The summed E-state index contributed by atoms with van der Waals surface area (Å²) in [7, 11) is -9.57. The van der Waals surface area contributed by atoms with Crippen molar-refractivity contribution in [3.63, 3.8) is 0 Å². The first-order chi connectivity index (χ1) is 22.5. The third-order valence-electron chi connectivity index (χ3n) is 7.23. The molecule has 0 saturated carbocycles. The standard InChI is InChI=1S/C17H22FN3O11P2.2C6H15N/c18-11-3-1-2-10(6-11)7-30-20-13-4-5-21(17(24)19-13)16-15(23)14(22)12(32-16)8-31-34(28,29)9-33(25,26)27;2*1-4-7(5-2)6-3/h1-6,12,14-16,22-23H,7-9H2,(H,28,29)(H,19,20,24)(H2,25,26,27);2*4-6H2,1-3H3/t12-,14-,15-,16-;;/m1../s1. The molecule has 0 aliphatic carbocycles. The zero-order valence-corrected chi connectivity index (χ0v) is 30.2. The van der Waals surface area contributed by atoms with Crippen LogP contribution in [0.3, 0.4) is 0 Å². The molecule has 16 nitrogen and oxygen atoms in total. The summed E-state index contributed by atoms with van der Waals surface area (Å²) < 4.78 is 46.6. The molecule has 0 amide bonds. The molecule has 2 heterocycles. The zero-order valence-electron chi connectivity index (χ0n) is 28.4. The maximum atomic E-state index is 13.2. The van der Waals surface area contributed by atoms with Gasteiger partial charge in [-0.2, -0.15) is 4.98 Å². The Morgan fingerprint density at radius 3 is 1.96 bits per heavy atom. The lowest BCUT2D eigenvalue weighted by atomic mass is 10.1. The maximum absolute atomic E-state index is 13.2. The molecule has 19 heteroatoms. The van der Waals surface area contributed by atoms with E-state index in [1.54, 1.807) is 6.07 Å². The van der Waals surface area contributed by atoms with E-state index in [4.69, 9.17) is 19.4 Å². The maximum Gasteiger partial charge on any atom is 0.351 e. The number of ether oxygens (including phenoxy) is 1. The van der Waals surface area contributed by atoms with E-state index in [2.05, 4.69) is 66.3 Å². The number of anilines is 1. The highest BCUT2D eigenvalue weighted by Gasteiger charge is 2.45. The van der Waals surface area contributed by atoms with Gasteiger partial charge < -0.3 is 44.0 Å². The molecule has 48 heavy (non-hydrogen) atoms. The third kappa shape index (κ3) is 16.1. The topological polar surface area (TPSA) is 216 Å². The van der Waals surface area contributed by atoms with Gasteiger partial charge in [-0.3, -0.25) is 18.5 Å². The third-order valence-corrected chi connectivity index (χ3v) is 10.7. The van der Waals surface area contributed by atoms with E-state index in [1.165, 1.54) is 69.7 Å². The van der Waals surface area contributed by atoms with Crippen LogP contribution in [0.4, 0.5) is 10.2 Å². The predicted octanol–water partition coefficient (Wildman–Crippen LogP) is 2.58. The van der Waals surface area contributed by atoms with E-state index in [0.29, 0.717) is 5.56 Å². The fourth-order valence-electron chi connectivity index (χ4n) is 4.39. The molecule has 1 aliphatic rings. The first kappa shape index (κ1) is 43.9. The highest BCUT2D eigenvalue weighted by molar-refractivity contribution is 7.70. The average Bonchev–Trinajstić information content (AvgIpc) is 3.30. The van der Waals surface area contributed by atoms with Gasteiger partial charge in [0.1, 0.15) is 24.1 Å². The van der Waals surface area contributed by atoms with Crippen LogP contribution in [0.1, 0.15) is 53.3 Å². The van der Waals surface area contributed by atoms with E-state index in [0.717, 1.165) is 4.57 Å². The lowest BCUT2D eigenvalue weighted by molar-refractivity contribution is -0.0523. The van der Waals surface area contributed by atoms with Crippen LogP contribution >= 0.6 is 15.2 Å². The van der Waals surface area contributed by atoms with Crippen LogP contribution in [0, 0.1) is 5.82 Å². The molecule has 5 atom stereocenters. The van der Waals surface area contributed by atoms with Gasteiger partial charge in [-0.15, -0.1) is 0 Å². The van der Waals surface area contributed by atoms with Crippen molar-refractivity contribution in [3.8, 4) is 0 Å². The van der Waals surface area contributed by atoms with Crippen LogP contribution < -0.4 is 11.2 Å². The van der Waals surface area contributed by atoms with Crippen molar-refractivity contribution in [3.05, 3.63) is 58.4 Å². The minimum absolute atomic E-state index is 0.00997. The smallest absolute Gasteiger partial charge is 0.351 e. The number of aromatic nitrogens is 2. The van der Waals surface area contributed by atoms with Gasteiger partial charge in [-0.25, -0.2) is 14.7 Å². The van der Waals surface area contributed by atoms with Gasteiger partial charge in [0.15, 0.2) is 17.9 Å². The molecule has 2 aromatic rings. The minimum Gasteiger partial charge on any atom is -0.387 e. The summed E-state index contributed by atoms with van der Waals surface area (Å²) >= 11 is 0. The molecule has 0 bridgehead atoms. The highest BCUT2D eigenvalue weighted by Crippen LogP contribution is 2.55. The monoisotopic (exact) mass is 727 g/mol. The quantitative estimate of drug-likeness (QED) is 0.108. The molecule has 1 aromatic carbocycles. The van der Waals surface area contributed by atoms with Gasteiger partial charge in [-0.05, 0) is 63.0 Å². The van der Waals surface area contributed by atoms with Crippen molar-refractivity contribution in [2.45, 2.75) is 72.7 Å². The Morgan fingerprint density at radius 2 is 1.50 bits per heavy atom. The van der Waals surface area contributed by atoms with E-state index in [1.807, 2.05) is 0 Å². The van der Waals surface area contributed by atoms with Crippen molar-refractivity contribution in [1.29, 1.82) is 0 Å². The van der Waals surface area contributed by atoms with Gasteiger partial charge in [0.25, 0.3) is 0 Å². The number of nitrogens with zero attached hydrogens (tertiary/aromatic N) is 4. The fourth-order valence-corrected chi connectivity index (χ4v) is 6.95. The first-order valence-corrected chi connectivity index (χ1v) is 19.3. The highest BCUT2D eigenvalue weighted by atomic mass is 31.2. The summed E-state index contributed by atoms with van der Waals surface area (Å²) in [5.74, 6) is -1.89. The molecule has 1 fully saturated rings. The Hall–Kier alpha value is -2.11. The lowest BCUT2D eigenvalue weighted by Gasteiger charge is -2.18. The van der Waals surface area contributed by atoms with Crippen LogP contribution in [0.15, 0.2) is 41.3 Å². The molecule has 1 unspecified atom stereocenters. The Morgan fingerprint density at radius 1 is 0.938 bits per heavy atom. The molecule has 3 rings (SSSR count). The Kier molecular flexibility index (Phi) is 20.0. The molecule has 0 radical (unpaired) electrons. The zero-order chi connectivity index (χ0) is 36.5. The van der Waals surface area contributed by atoms with Gasteiger partial charge in [0.05, 0.1) is 13.2 Å². The Balaban J connectivity index is 0.000000687. The number of hydrogen-bond donors (Lipinski definition) is 6. The van der Waals surface area contributed by atoms with Crippen LogP contribution in [0.5, 0.6) is 0 Å². The van der Waals surface area contributed by atoms with E-state index in [9.17, 15) is 33.4 Å². The van der Waals surface area contributed by atoms with Crippen LogP contribution in [-0.4, -0.2) is 114 Å². The summed E-state index contributed by atoms with van der Waals surface area (Å²) in [6.07, 6.45) is -4.96. The van der Waals surface area contributed by atoms with Crippen LogP contribution in [0.2, 0.25) is 0 Å². The van der Waals surface area contributed by atoms with Crippen molar-refractivity contribution >= 4 is 21.0 Å². The van der Waals surface area contributed by atoms with Gasteiger partial charge in [0.2, 0.25) is 0 Å². The summed E-state index contributed by atoms with van der Waals surface area (Å²) in [5, 5.41) is 20.4. The summed E-state index contributed by atoms with van der Waals surface area (Å²) in [6, 6.07) is 6.96. The number of aliphatic hydroxyl groups excluding tert-OH is 2. The predicted molar refractivity (Wildman–Crippen MR) is 179 cm³/mol. The minimum atomic E-state index is -4.85. The molecule has 1 aliphatic heterocycles. The first-order valence-electron chi connectivity index (χ1n) is 15.7. The largest absolute Gasteiger partial charge is 0.387 e. The SMILES string of the molecule is CCN(CC)CC.CCN(CC)CC.O=c1nc(NOCc2cccc(F)c2)ccn1[C@@H]1O[C@H](COP(=O)(O)CP(=O)(O)O)[C@@H](O)[C@H]1O. The van der Waals surface area contributed by atoms with E-state index < -0.39 is 63.7 Å². The van der Waals surface area contributed by atoms with Gasteiger partial charge >= 0.3 is 20.9 Å². The summed E-state index contributed by atoms with van der Waals surface area (Å²) in [4.78, 5) is 53.1. The molecular formula is C29H52FN5O11P2. The van der Waals surface area contributed by atoms with Crippen molar-refractivity contribution in [1.82, 2.24) is 19.4 Å². The van der Waals surface area contributed by atoms with E-state index >= 15 is 0 Å². The number of benzene rings is 1. The molecule has 6 N–H and O–H groups in total. The number of aliphatic hydroxyl groups is 2. The second-order valence-corrected chi connectivity index (χ2v) is 14.5. The number of halogens is 1. The second kappa shape index (κ2) is 21.9. The van der Waals surface area contributed by atoms with Gasteiger partial charge in [0, 0.05) is 6.20 Å². The van der Waals surface area contributed by atoms with Crippen LogP contribution in [0.25, 0.3) is 0 Å². The van der Waals surface area contributed by atoms with Crippen molar-refractivity contribution in [2.24, 2.45) is 0 Å². The molecule has 276 valence electrons. The Bertz CT molecular complexity index is 1340.